The molecule has 0 bridgehead atoms. The minimum Gasteiger partial charge on any atom is -0.462 e. The molecule has 0 aromatic carbocycles. The van der Waals surface area contributed by atoms with Crippen LogP contribution in [0, 0.1) is 0 Å². The fraction of sp³-hybridized carbons (Fsp3) is 0.787. The number of allylic oxidation sites excluding steroid dienone is 8. The molecule has 10 heteroatoms. The molecule has 0 aliphatic rings. The van der Waals surface area contributed by atoms with Crippen LogP contribution in [0.2, 0.25) is 0 Å². The van der Waals surface area contributed by atoms with Gasteiger partial charge in [-0.3, -0.25) is 18.6 Å². The van der Waals surface area contributed by atoms with Crippen LogP contribution in [0.25, 0.3) is 0 Å². The summed E-state index contributed by atoms with van der Waals surface area (Å²) in [5.74, 6) is -0.820. The van der Waals surface area contributed by atoms with E-state index in [2.05, 4.69) is 62.5 Å². The SMILES string of the molecule is CCCC/C=C\C/C=C\CCCCCCCC(=O)OC[C@H](COP(=O)(O)OCC[N+](C)(C)C)OC(=O)CCCCCCCCCCC/C=C\C/C=C\CCCCC. The first-order valence-electron chi connectivity index (χ1n) is 22.9. The predicted molar refractivity (Wildman–Crippen MR) is 238 cm³/mol. The first-order valence-corrected chi connectivity index (χ1v) is 24.4. The second kappa shape index (κ2) is 39.4. The maximum absolute atomic E-state index is 12.7. The number of nitrogens with zero attached hydrogens (tertiary/aromatic N) is 1. The van der Waals surface area contributed by atoms with Crippen molar-refractivity contribution in [3.05, 3.63) is 48.6 Å². The highest BCUT2D eigenvalue weighted by Gasteiger charge is 2.27. The third-order valence-electron chi connectivity index (χ3n) is 9.58. The third kappa shape index (κ3) is 43.4. The molecule has 0 aliphatic carbocycles. The van der Waals surface area contributed by atoms with Crippen LogP contribution in [0.15, 0.2) is 48.6 Å². The van der Waals surface area contributed by atoms with Crippen LogP contribution in [-0.2, 0) is 32.7 Å². The fourth-order valence-electron chi connectivity index (χ4n) is 5.94. The van der Waals surface area contributed by atoms with Crippen molar-refractivity contribution in [1.29, 1.82) is 0 Å². The van der Waals surface area contributed by atoms with Gasteiger partial charge in [0.2, 0.25) is 0 Å². The third-order valence-corrected chi connectivity index (χ3v) is 10.6. The molecule has 0 saturated carbocycles. The van der Waals surface area contributed by atoms with E-state index in [4.69, 9.17) is 18.5 Å². The van der Waals surface area contributed by atoms with Crippen LogP contribution in [0.5, 0.6) is 0 Å². The summed E-state index contributed by atoms with van der Waals surface area (Å²) >= 11 is 0. The lowest BCUT2D eigenvalue weighted by Crippen LogP contribution is -2.37. The van der Waals surface area contributed by atoms with Gasteiger partial charge in [-0.05, 0) is 70.6 Å². The second-order valence-corrected chi connectivity index (χ2v) is 17.9. The Kier molecular flexibility index (Phi) is 38.0. The molecule has 0 rings (SSSR count). The smallest absolute Gasteiger partial charge is 0.462 e. The van der Waals surface area contributed by atoms with Crippen LogP contribution >= 0.6 is 7.82 Å². The predicted octanol–water partition coefficient (Wildman–Crippen LogP) is 13.1. The molecule has 0 heterocycles. The molecule has 57 heavy (non-hydrogen) atoms. The molecule has 0 aromatic rings. The van der Waals surface area contributed by atoms with Gasteiger partial charge in [0.05, 0.1) is 27.7 Å². The number of carbonyl (C=O) groups excluding carboxylic acids is 2. The number of rotatable bonds is 41. The van der Waals surface area contributed by atoms with Crippen molar-refractivity contribution in [2.24, 2.45) is 0 Å². The second-order valence-electron chi connectivity index (χ2n) is 16.4. The van der Waals surface area contributed by atoms with Crippen LogP contribution in [0.3, 0.4) is 0 Å². The number of esters is 2. The zero-order chi connectivity index (χ0) is 42.1. The number of likely N-dealkylation sites (N-methyl/N-ethyl adjacent to an activating group) is 1. The number of hydrogen-bond acceptors (Lipinski definition) is 7. The number of carbonyl (C=O) groups is 2. The van der Waals surface area contributed by atoms with E-state index < -0.39 is 26.5 Å². The average molecular weight is 825 g/mol. The molecule has 0 aliphatic heterocycles. The Morgan fingerprint density at radius 1 is 0.544 bits per heavy atom. The molecule has 0 amide bonds. The van der Waals surface area contributed by atoms with Gasteiger partial charge in [0, 0.05) is 12.8 Å². The maximum atomic E-state index is 12.7. The highest BCUT2D eigenvalue weighted by molar-refractivity contribution is 7.47. The Hall–Kier alpha value is -2.03. The monoisotopic (exact) mass is 825 g/mol. The molecule has 1 unspecified atom stereocenters. The van der Waals surface area contributed by atoms with E-state index in [1.807, 2.05) is 21.1 Å². The van der Waals surface area contributed by atoms with E-state index in [9.17, 15) is 19.0 Å². The van der Waals surface area contributed by atoms with E-state index in [-0.39, 0.29) is 32.0 Å². The molecule has 2 atom stereocenters. The topological polar surface area (TPSA) is 108 Å². The molecule has 0 saturated heterocycles. The van der Waals surface area contributed by atoms with Crippen molar-refractivity contribution >= 4 is 19.8 Å². The van der Waals surface area contributed by atoms with E-state index in [1.165, 1.54) is 70.6 Å². The molecule has 332 valence electrons. The number of phosphoric acid groups is 1. The zero-order valence-corrected chi connectivity index (χ0v) is 38.2. The lowest BCUT2D eigenvalue weighted by molar-refractivity contribution is -0.870. The first-order chi connectivity index (χ1) is 27.5. The van der Waals surface area contributed by atoms with Crippen molar-refractivity contribution in [2.45, 2.75) is 193 Å². The summed E-state index contributed by atoms with van der Waals surface area (Å²) in [6.07, 6.45) is 45.8. The van der Waals surface area contributed by atoms with Crippen molar-refractivity contribution < 1.29 is 42.1 Å². The number of quaternary nitrogens is 1. The summed E-state index contributed by atoms with van der Waals surface area (Å²) in [6, 6.07) is 0. The lowest BCUT2D eigenvalue weighted by atomic mass is 10.1. The normalized spacial score (nSPS) is 14.0. The molecular weight excluding hydrogens is 737 g/mol. The number of unbranched alkanes of at least 4 members (excludes halogenated alkanes) is 19. The van der Waals surface area contributed by atoms with Gasteiger partial charge in [0.15, 0.2) is 6.10 Å². The number of phosphoric ester groups is 1. The molecule has 0 radical (unpaired) electrons. The molecule has 0 spiro atoms. The molecule has 1 N–H and O–H groups in total. The fourth-order valence-corrected chi connectivity index (χ4v) is 6.68. The summed E-state index contributed by atoms with van der Waals surface area (Å²) in [5.41, 5.74) is 0. The summed E-state index contributed by atoms with van der Waals surface area (Å²) < 4.78 is 34.3. The summed E-state index contributed by atoms with van der Waals surface area (Å²) in [6.45, 7) is 4.33. The lowest BCUT2D eigenvalue weighted by Gasteiger charge is -2.24. The van der Waals surface area contributed by atoms with Gasteiger partial charge in [-0.2, -0.15) is 0 Å². The molecular formula is C47H87NO8P+. The van der Waals surface area contributed by atoms with Crippen LogP contribution in [0.4, 0.5) is 0 Å². The Balaban J connectivity index is 4.35. The summed E-state index contributed by atoms with van der Waals surface area (Å²) in [7, 11) is 1.46. The van der Waals surface area contributed by atoms with Crippen LogP contribution in [0.1, 0.15) is 187 Å². The highest BCUT2D eigenvalue weighted by atomic mass is 31.2. The minimum atomic E-state index is -4.38. The van der Waals surface area contributed by atoms with E-state index in [1.54, 1.807) is 0 Å². The van der Waals surface area contributed by atoms with Crippen molar-refractivity contribution in [2.75, 3.05) is 47.5 Å². The Bertz CT molecular complexity index is 1110. The Morgan fingerprint density at radius 2 is 0.965 bits per heavy atom. The average Bonchev–Trinajstić information content (AvgIpc) is 3.16. The number of hydrogen-bond donors (Lipinski definition) is 1. The Morgan fingerprint density at radius 3 is 1.44 bits per heavy atom. The zero-order valence-electron chi connectivity index (χ0n) is 37.3. The highest BCUT2D eigenvalue weighted by Crippen LogP contribution is 2.43. The van der Waals surface area contributed by atoms with Crippen LogP contribution in [-0.4, -0.2) is 74.9 Å². The molecule has 0 fully saturated rings. The largest absolute Gasteiger partial charge is 0.472 e. The van der Waals surface area contributed by atoms with Crippen molar-refractivity contribution in [3.8, 4) is 0 Å². The minimum absolute atomic E-state index is 0.0272. The van der Waals surface area contributed by atoms with Gasteiger partial charge in [-0.15, -0.1) is 0 Å². The Labute approximate surface area is 350 Å². The van der Waals surface area contributed by atoms with Gasteiger partial charge in [0.25, 0.3) is 0 Å². The van der Waals surface area contributed by atoms with Crippen LogP contribution < -0.4 is 0 Å². The van der Waals surface area contributed by atoms with Crippen molar-refractivity contribution in [3.63, 3.8) is 0 Å². The maximum Gasteiger partial charge on any atom is 0.472 e. The first kappa shape index (κ1) is 55.0. The van der Waals surface area contributed by atoms with Gasteiger partial charge in [-0.1, -0.05) is 152 Å². The molecule has 0 aromatic heterocycles. The van der Waals surface area contributed by atoms with Gasteiger partial charge in [-0.25, -0.2) is 4.57 Å². The standard InChI is InChI=1S/C47H86NO8P/c1-6-8-10-12-14-16-18-20-22-23-24-25-26-28-30-32-34-36-38-40-47(50)56-45(44-55-57(51,52)54-42-41-48(3,4)5)43-53-46(49)39-37-35-33-31-29-27-21-19-17-15-13-11-9-7-2/h13-16,19-22,45H,6-12,17-18,23-44H2,1-5H3/p+1/b15-13-,16-14-,21-19-,22-20-/t45-/m1/s1. The quantitative estimate of drug-likeness (QED) is 0.0213. The van der Waals surface area contributed by atoms with E-state index >= 15 is 0 Å². The summed E-state index contributed by atoms with van der Waals surface area (Å²) in [4.78, 5) is 35.4. The van der Waals surface area contributed by atoms with Gasteiger partial charge < -0.3 is 18.9 Å². The number of ether oxygens (including phenoxy) is 2. The summed E-state index contributed by atoms with van der Waals surface area (Å²) in [5, 5.41) is 0. The van der Waals surface area contributed by atoms with Gasteiger partial charge in [0.1, 0.15) is 19.8 Å². The van der Waals surface area contributed by atoms with E-state index in [0.29, 0.717) is 17.4 Å². The van der Waals surface area contributed by atoms with Gasteiger partial charge >= 0.3 is 19.8 Å². The van der Waals surface area contributed by atoms with E-state index in [0.717, 1.165) is 83.5 Å². The van der Waals surface area contributed by atoms with Crippen molar-refractivity contribution in [1.82, 2.24) is 0 Å². The molecule has 9 nitrogen and oxygen atoms in total.